The van der Waals surface area contributed by atoms with Crippen LogP contribution < -0.4 is 16.4 Å². The van der Waals surface area contributed by atoms with Crippen LogP contribution in [0.25, 0.3) is 11.3 Å². The summed E-state index contributed by atoms with van der Waals surface area (Å²) in [5, 5.41) is 6.83. The number of aromatic nitrogens is 2. The molecule has 3 aromatic carbocycles. The smallest absolute Gasteiger partial charge is 0.227 e. The van der Waals surface area contributed by atoms with Gasteiger partial charge in [-0.3, -0.25) is 4.99 Å². The van der Waals surface area contributed by atoms with Crippen LogP contribution in [0.4, 0.5) is 30.5 Å². The van der Waals surface area contributed by atoms with Crippen molar-refractivity contribution in [1.82, 2.24) is 20.2 Å². The monoisotopic (exact) mass is 620 g/mol. The summed E-state index contributed by atoms with van der Waals surface area (Å²) in [4.78, 5) is 19.9. The van der Waals surface area contributed by atoms with E-state index in [2.05, 4.69) is 44.4 Å². The fourth-order valence-corrected chi connectivity index (χ4v) is 5.61. The third-order valence-corrected chi connectivity index (χ3v) is 7.52. The molecule has 228 valence electrons. The lowest BCUT2D eigenvalue weighted by atomic mass is 9.95. The van der Waals surface area contributed by atoms with Crippen molar-refractivity contribution in [3.63, 3.8) is 0 Å². The summed E-state index contributed by atoms with van der Waals surface area (Å²) in [5.74, 6) is -1.59. The van der Waals surface area contributed by atoms with Gasteiger partial charge in [0.2, 0.25) is 5.95 Å². The summed E-state index contributed by atoms with van der Waals surface area (Å²) in [7, 11) is 0. The Labute approximate surface area is 258 Å². The summed E-state index contributed by atoms with van der Waals surface area (Å²) in [6.45, 7) is 5.55. The molecule has 4 N–H and O–H groups in total. The molecule has 0 saturated carbocycles. The molecule has 2 atom stereocenters. The number of aliphatic imine (C=N–C) groups is 2. The first kappa shape index (κ1) is 31.0. The fraction of sp³-hybridized carbons (Fsp3) is 0.250. The zero-order valence-electron chi connectivity index (χ0n) is 23.4. The number of fused-ring (bicyclic) bond motifs is 3. The largest absolute Gasteiger partial charge is 0.369 e. The van der Waals surface area contributed by atoms with E-state index in [9.17, 15) is 8.78 Å². The van der Waals surface area contributed by atoms with Gasteiger partial charge in [-0.25, -0.2) is 28.1 Å². The molecule has 0 radical (unpaired) electrons. The Kier molecular flexibility index (Phi) is 8.89. The van der Waals surface area contributed by atoms with E-state index in [0.717, 1.165) is 0 Å². The van der Waals surface area contributed by atoms with Gasteiger partial charge in [0.1, 0.15) is 17.3 Å². The van der Waals surface area contributed by atoms with Crippen LogP contribution >= 0.6 is 11.6 Å². The molecule has 44 heavy (non-hydrogen) atoms. The average molecular weight is 621 g/mol. The maximum absolute atomic E-state index is 15.1. The van der Waals surface area contributed by atoms with Crippen LogP contribution in [0.5, 0.6) is 0 Å². The maximum Gasteiger partial charge on any atom is 0.227 e. The number of nitrogens with one attached hydrogen (secondary N) is 2. The molecule has 12 heteroatoms. The van der Waals surface area contributed by atoms with Crippen LogP contribution in [0, 0.1) is 17.5 Å². The van der Waals surface area contributed by atoms with E-state index in [-0.39, 0.29) is 54.9 Å². The topological polar surface area (TPSA) is 104 Å². The summed E-state index contributed by atoms with van der Waals surface area (Å²) in [5.41, 5.74) is 8.76. The Morgan fingerprint density at radius 3 is 2.43 bits per heavy atom. The van der Waals surface area contributed by atoms with Crippen molar-refractivity contribution in [2.75, 3.05) is 18.4 Å². The number of guanidine groups is 1. The molecule has 1 fully saturated rings. The standard InChI is InChI=1S/C31H28ClF3N8.CH4/c1-16-14-43(15-17(2)39-16)30(36)41-26-9-7-20(11-25(26)35)40-31-38-13-18-12-37-29(27-23(33)4-3-5-24(27)34)22-10-19(32)6-8-21(22)28(18)42-31;/h3-11,13,16-17,39H,12,14-15H2,1-2H3,(H2,36,41)(H,38,40,42);1H4. The summed E-state index contributed by atoms with van der Waals surface area (Å²) >= 11 is 6.30. The van der Waals surface area contributed by atoms with Crippen molar-refractivity contribution in [1.29, 1.82) is 0 Å². The van der Waals surface area contributed by atoms with Crippen molar-refractivity contribution in [3.05, 3.63) is 100.0 Å². The van der Waals surface area contributed by atoms with E-state index in [1.807, 2.05) is 4.90 Å². The quantitative estimate of drug-likeness (QED) is 0.176. The van der Waals surface area contributed by atoms with Crippen molar-refractivity contribution >= 4 is 40.6 Å². The summed E-state index contributed by atoms with van der Waals surface area (Å²) in [6, 6.07) is 13.6. The van der Waals surface area contributed by atoms with Gasteiger partial charge in [0, 0.05) is 58.8 Å². The molecule has 2 aliphatic heterocycles. The number of nitrogens with two attached hydrogens (primary N) is 1. The van der Waals surface area contributed by atoms with Gasteiger partial charge in [-0.2, -0.15) is 0 Å². The van der Waals surface area contributed by atoms with Gasteiger partial charge in [-0.05, 0) is 56.3 Å². The van der Waals surface area contributed by atoms with Gasteiger partial charge in [0.05, 0.1) is 23.5 Å². The van der Waals surface area contributed by atoms with E-state index in [1.54, 1.807) is 30.5 Å². The molecule has 8 nitrogen and oxygen atoms in total. The molecule has 0 bridgehead atoms. The molecule has 1 saturated heterocycles. The Balaban J connectivity index is 0.00000384. The van der Waals surface area contributed by atoms with E-state index in [4.69, 9.17) is 17.3 Å². The lowest BCUT2D eigenvalue weighted by molar-refractivity contribution is 0.253. The summed E-state index contributed by atoms with van der Waals surface area (Å²) in [6.07, 6.45) is 1.58. The predicted octanol–water partition coefficient (Wildman–Crippen LogP) is 6.57. The minimum Gasteiger partial charge on any atom is -0.369 e. The number of halogens is 4. The minimum atomic E-state index is -0.738. The zero-order chi connectivity index (χ0) is 30.2. The van der Waals surface area contributed by atoms with Gasteiger partial charge >= 0.3 is 0 Å². The average Bonchev–Trinajstić information content (AvgIpc) is 3.10. The second kappa shape index (κ2) is 12.6. The zero-order valence-corrected chi connectivity index (χ0v) is 24.1. The van der Waals surface area contributed by atoms with Gasteiger partial charge < -0.3 is 21.3 Å². The van der Waals surface area contributed by atoms with Crippen LogP contribution in [0.1, 0.15) is 38.0 Å². The van der Waals surface area contributed by atoms with Gasteiger partial charge in [0.25, 0.3) is 0 Å². The predicted molar refractivity (Wildman–Crippen MR) is 170 cm³/mol. The molecule has 0 amide bonds. The van der Waals surface area contributed by atoms with Crippen molar-refractivity contribution in [2.24, 2.45) is 15.7 Å². The Bertz CT molecular complexity index is 1750. The lowest BCUT2D eigenvalue weighted by Crippen LogP contribution is -2.57. The van der Waals surface area contributed by atoms with E-state index >= 15 is 4.39 Å². The second-order valence-corrected chi connectivity index (χ2v) is 11.1. The minimum absolute atomic E-state index is 0. The number of piperazine rings is 1. The van der Waals surface area contributed by atoms with Crippen LogP contribution in [-0.4, -0.2) is 51.7 Å². The molecule has 1 aromatic heterocycles. The normalized spacial score (nSPS) is 18.0. The Hall–Kier alpha value is -4.48. The first-order chi connectivity index (χ1) is 20.7. The number of hydrogen-bond acceptors (Lipinski definition) is 6. The lowest BCUT2D eigenvalue weighted by Gasteiger charge is -2.36. The summed E-state index contributed by atoms with van der Waals surface area (Å²) < 4.78 is 44.7. The van der Waals surface area contributed by atoms with Crippen LogP contribution in [0.2, 0.25) is 5.02 Å². The molecule has 3 heterocycles. The van der Waals surface area contributed by atoms with E-state index < -0.39 is 17.5 Å². The molecule has 0 aliphatic carbocycles. The first-order valence-corrected chi connectivity index (χ1v) is 14.1. The van der Waals surface area contributed by atoms with Gasteiger partial charge in [0.15, 0.2) is 11.8 Å². The van der Waals surface area contributed by atoms with E-state index in [1.165, 1.54) is 30.3 Å². The number of anilines is 2. The molecule has 6 rings (SSSR count). The third-order valence-electron chi connectivity index (χ3n) is 7.28. The fourth-order valence-electron chi connectivity index (χ4n) is 5.43. The van der Waals surface area contributed by atoms with Gasteiger partial charge in [-0.1, -0.05) is 31.2 Å². The highest BCUT2D eigenvalue weighted by Gasteiger charge is 2.26. The molecule has 4 aromatic rings. The van der Waals surface area contributed by atoms with Crippen molar-refractivity contribution in [3.8, 4) is 11.3 Å². The number of benzene rings is 3. The molecule has 0 spiro atoms. The van der Waals surface area contributed by atoms with Crippen LogP contribution in [0.3, 0.4) is 0 Å². The third kappa shape index (κ3) is 6.24. The molecular weight excluding hydrogens is 589 g/mol. The van der Waals surface area contributed by atoms with Gasteiger partial charge in [-0.15, -0.1) is 0 Å². The van der Waals surface area contributed by atoms with Crippen LogP contribution in [-0.2, 0) is 6.54 Å². The first-order valence-electron chi connectivity index (χ1n) is 13.7. The SMILES string of the molecule is C.CC1CN(C(N)=Nc2ccc(Nc3ncc4c(n3)-c3ccc(Cl)cc3C(c3c(F)cccc3F)=NC4)cc2F)CC(C)N1. The molecule has 2 unspecified atom stereocenters. The molecular formula is C32H32ClF3N8. The highest BCUT2D eigenvalue weighted by Crippen LogP contribution is 2.35. The van der Waals surface area contributed by atoms with E-state index in [0.29, 0.717) is 46.2 Å². The highest BCUT2D eigenvalue weighted by atomic mass is 35.5. The second-order valence-electron chi connectivity index (χ2n) is 10.7. The maximum atomic E-state index is 15.1. The number of nitrogens with zero attached hydrogens (tertiary/aromatic N) is 5. The van der Waals surface area contributed by atoms with Crippen molar-refractivity contribution < 1.29 is 13.2 Å². The Morgan fingerprint density at radius 2 is 1.73 bits per heavy atom. The molecule has 2 aliphatic rings. The number of hydrogen-bond donors (Lipinski definition) is 3. The van der Waals surface area contributed by atoms with Crippen molar-refractivity contribution in [2.45, 2.75) is 39.9 Å². The van der Waals surface area contributed by atoms with Crippen LogP contribution in [0.15, 0.2) is 70.8 Å². The Morgan fingerprint density at radius 1 is 1.00 bits per heavy atom. The highest BCUT2D eigenvalue weighted by molar-refractivity contribution is 6.31. The number of rotatable bonds is 4.